The molecule has 0 bridgehead atoms. The van der Waals surface area contributed by atoms with E-state index in [4.69, 9.17) is 9.72 Å². The average molecular weight is 450 g/mol. The van der Waals surface area contributed by atoms with Gasteiger partial charge in [-0.3, -0.25) is 9.78 Å². The fraction of sp³-hybridized carbons (Fsp3) is 0.692. The molecule has 1 N–H and O–H groups in total. The molecule has 0 fully saturated rings. The number of pyridine rings is 1. The number of carbonyl (C=O) groups is 1. The number of rotatable bonds is 5. The summed E-state index contributed by atoms with van der Waals surface area (Å²) in [4.78, 5) is 16.9. The largest absolute Gasteiger partial charge is 0.388 e. The zero-order chi connectivity index (χ0) is 23.6. The SMILES string of the molecule is CCC1(C)Cc2nc(C(C)C)c(C=O)c(C3=CCOCC3)c2C(O)C1.CCCC.CS. The van der Waals surface area contributed by atoms with Crippen LogP contribution in [0, 0.1) is 5.41 Å². The number of hydrogen-bond donors (Lipinski definition) is 2. The first-order valence-corrected chi connectivity index (χ1v) is 12.6. The Hall–Kier alpha value is -1.17. The first-order valence-electron chi connectivity index (χ1n) is 11.7. The first kappa shape index (κ1) is 27.9. The summed E-state index contributed by atoms with van der Waals surface area (Å²) in [5, 5.41) is 11.0. The highest BCUT2D eigenvalue weighted by Crippen LogP contribution is 2.46. The van der Waals surface area contributed by atoms with Gasteiger partial charge >= 0.3 is 0 Å². The third-order valence-corrected chi connectivity index (χ3v) is 6.30. The van der Waals surface area contributed by atoms with Gasteiger partial charge in [0, 0.05) is 16.8 Å². The van der Waals surface area contributed by atoms with Crippen LogP contribution in [0.5, 0.6) is 0 Å². The Kier molecular flexibility index (Phi) is 12.0. The number of aromatic nitrogens is 1. The highest BCUT2D eigenvalue weighted by atomic mass is 32.1. The van der Waals surface area contributed by atoms with Crippen LogP contribution < -0.4 is 0 Å². The van der Waals surface area contributed by atoms with Crippen LogP contribution in [0.3, 0.4) is 0 Å². The number of thiol groups is 1. The van der Waals surface area contributed by atoms with Crippen LogP contribution in [0.15, 0.2) is 6.08 Å². The Morgan fingerprint density at radius 2 is 1.94 bits per heavy atom. The number of nitrogens with zero attached hydrogens (tertiary/aromatic N) is 1. The van der Waals surface area contributed by atoms with Gasteiger partial charge in [-0.15, -0.1) is 0 Å². The lowest BCUT2D eigenvalue weighted by Crippen LogP contribution is -2.31. The highest BCUT2D eigenvalue weighted by molar-refractivity contribution is 7.79. The van der Waals surface area contributed by atoms with Crippen LogP contribution in [0.1, 0.15) is 119 Å². The van der Waals surface area contributed by atoms with Crippen molar-refractivity contribution in [2.75, 3.05) is 19.5 Å². The average Bonchev–Trinajstić information content (AvgIpc) is 2.79. The Morgan fingerprint density at radius 1 is 1.29 bits per heavy atom. The number of unbranched alkanes of at least 4 members (excludes halogenated alkanes) is 1. The fourth-order valence-electron chi connectivity index (χ4n) is 4.15. The lowest BCUT2D eigenvalue weighted by Gasteiger charge is -2.38. The normalized spacial score (nSPS) is 22.4. The maximum atomic E-state index is 12.0. The second-order valence-electron chi connectivity index (χ2n) is 9.03. The van der Waals surface area contributed by atoms with Gasteiger partial charge in [-0.1, -0.05) is 66.9 Å². The Labute approximate surface area is 195 Å². The minimum atomic E-state index is -0.570. The standard InChI is InChI=1S/C21H29NO3.C4H10.CH4S/c1-5-21(4)10-16-19(17(24)11-21)18(14-6-8-25-9-7-14)15(12-23)20(22-16)13(2)3;1-3-4-2;1-2/h6,12-13,17,24H,5,7-11H2,1-4H3;3-4H2,1-2H3;2H,1H3. The van der Waals surface area contributed by atoms with Gasteiger partial charge in [-0.2, -0.15) is 12.6 Å². The van der Waals surface area contributed by atoms with E-state index in [-0.39, 0.29) is 11.3 Å². The van der Waals surface area contributed by atoms with E-state index >= 15 is 0 Å². The van der Waals surface area contributed by atoms with Gasteiger partial charge in [0.2, 0.25) is 0 Å². The molecule has 1 aromatic rings. The number of ether oxygens (including phenoxy) is 1. The molecule has 2 unspecified atom stereocenters. The predicted octanol–water partition coefficient (Wildman–Crippen LogP) is 6.57. The van der Waals surface area contributed by atoms with Crippen molar-refractivity contribution >= 4 is 24.5 Å². The molecular formula is C26H43NO3S. The van der Waals surface area contributed by atoms with E-state index in [9.17, 15) is 9.90 Å². The quantitative estimate of drug-likeness (QED) is 0.394. The lowest BCUT2D eigenvalue weighted by molar-refractivity contribution is 0.0856. The molecule has 0 saturated carbocycles. The second-order valence-corrected chi connectivity index (χ2v) is 9.03. The summed E-state index contributed by atoms with van der Waals surface area (Å²) in [7, 11) is 0. The van der Waals surface area contributed by atoms with Crippen LogP contribution in [0.4, 0.5) is 0 Å². The molecule has 1 aliphatic carbocycles. The Balaban J connectivity index is 0.000000720. The fourth-order valence-corrected chi connectivity index (χ4v) is 4.15. The summed E-state index contributed by atoms with van der Waals surface area (Å²) < 4.78 is 5.45. The van der Waals surface area contributed by atoms with Crippen molar-refractivity contribution < 1.29 is 14.6 Å². The smallest absolute Gasteiger partial charge is 0.152 e. The van der Waals surface area contributed by atoms with Crippen LogP contribution in [0.25, 0.3) is 5.57 Å². The van der Waals surface area contributed by atoms with Crippen LogP contribution in [-0.2, 0) is 11.2 Å². The van der Waals surface area contributed by atoms with E-state index in [1.807, 2.05) is 0 Å². The molecule has 2 atom stereocenters. The van der Waals surface area contributed by atoms with E-state index < -0.39 is 6.10 Å². The maximum absolute atomic E-state index is 12.0. The summed E-state index contributed by atoms with van der Waals surface area (Å²) in [6.07, 6.45) is 10.1. The molecule has 2 aliphatic rings. The Bertz CT molecular complexity index is 743. The molecule has 176 valence electrons. The first-order chi connectivity index (χ1) is 14.8. The Morgan fingerprint density at radius 3 is 2.39 bits per heavy atom. The summed E-state index contributed by atoms with van der Waals surface area (Å²) in [6.45, 7) is 14.1. The van der Waals surface area contributed by atoms with Crippen LogP contribution in [-0.4, -0.2) is 35.8 Å². The van der Waals surface area contributed by atoms with Crippen LogP contribution in [0.2, 0.25) is 0 Å². The number of aldehydes is 1. The van der Waals surface area contributed by atoms with Gasteiger partial charge in [0.05, 0.1) is 25.0 Å². The summed E-state index contributed by atoms with van der Waals surface area (Å²) in [6, 6.07) is 0. The number of fused-ring (bicyclic) bond motifs is 1. The molecule has 4 nitrogen and oxygen atoms in total. The van der Waals surface area contributed by atoms with Gasteiger partial charge < -0.3 is 9.84 Å². The molecule has 0 saturated heterocycles. The molecular weight excluding hydrogens is 406 g/mol. The zero-order valence-electron chi connectivity index (χ0n) is 20.6. The molecule has 0 spiro atoms. The summed E-state index contributed by atoms with van der Waals surface area (Å²) in [5.41, 5.74) is 5.46. The van der Waals surface area contributed by atoms with E-state index in [2.05, 4.69) is 60.2 Å². The third kappa shape index (κ3) is 6.90. The van der Waals surface area contributed by atoms with E-state index in [1.54, 1.807) is 6.26 Å². The number of carbonyl (C=O) groups excluding carboxylic acids is 1. The van der Waals surface area contributed by atoms with Crippen molar-refractivity contribution in [2.45, 2.75) is 92.1 Å². The molecule has 3 rings (SSSR count). The number of hydrogen-bond acceptors (Lipinski definition) is 5. The minimum absolute atomic E-state index is 0.0533. The third-order valence-electron chi connectivity index (χ3n) is 6.30. The van der Waals surface area contributed by atoms with E-state index in [0.29, 0.717) is 25.2 Å². The highest BCUT2D eigenvalue weighted by Gasteiger charge is 2.38. The predicted molar refractivity (Wildman–Crippen MR) is 134 cm³/mol. The van der Waals surface area contributed by atoms with Gasteiger partial charge in [0.1, 0.15) is 0 Å². The monoisotopic (exact) mass is 449 g/mol. The van der Waals surface area contributed by atoms with E-state index in [1.165, 1.54) is 12.8 Å². The van der Waals surface area contributed by atoms with Crippen molar-refractivity contribution in [2.24, 2.45) is 5.41 Å². The molecule has 1 aromatic heterocycles. The molecule has 1 aliphatic heterocycles. The summed E-state index contributed by atoms with van der Waals surface area (Å²) >= 11 is 3.53. The topological polar surface area (TPSA) is 59.4 Å². The van der Waals surface area contributed by atoms with Crippen molar-refractivity contribution in [3.63, 3.8) is 0 Å². The second kappa shape index (κ2) is 13.4. The number of aliphatic hydroxyl groups is 1. The van der Waals surface area contributed by atoms with E-state index in [0.717, 1.165) is 53.6 Å². The van der Waals surface area contributed by atoms with Crippen molar-refractivity contribution in [1.82, 2.24) is 4.98 Å². The maximum Gasteiger partial charge on any atom is 0.152 e. The molecule has 0 aromatic carbocycles. The lowest BCUT2D eigenvalue weighted by atomic mass is 9.69. The van der Waals surface area contributed by atoms with Crippen molar-refractivity contribution in [3.8, 4) is 0 Å². The summed E-state index contributed by atoms with van der Waals surface area (Å²) in [5.74, 6) is 0.164. The molecule has 31 heavy (non-hydrogen) atoms. The van der Waals surface area contributed by atoms with Crippen LogP contribution >= 0.6 is 12.6 Å². The van der Waals surface area contributed by atoms with Crippen molar-refractivity contribution in [1.29, 1.82) is 0 Å². The molecule has 2 heterocycles. The van der Waals surface area contributed by atoms with Gasteiger partial charge in [0.25, 0.3) is 0 Å². The number of aliphatic hydroxyl groups excluding tert-OH is 1. The van der Waals surface area contributed by atoms with Gasteiger partial charge in [0.15, 0.2) is 6.29 Å². The molecule has 5 heteroatoms. The zero-order valence-corrected chi connectivity index (χ0v) is 21.5. The van der Waals surface area contributed by atoms with Crippen molar-refractivity contribution in [3.05, 3.63) is 34.2 Å². The van der Waals surface area contributed by atoms with Gasteiger partial charge in [-0.25, -0.2) is 0 Å². The molecule has 0 radical (unpaired) electrons. The molecule has 0 amide bonds. The minimum Gasteiger partial charge on any atom is -0.388 e. The van der Waals surface area contributed by atoms with Gasteiger partial charge in [-0.05, 0) is 48.0 Å².